The fourth-order valence-corrected chi connectivity index (χ4v) is 4.16. The van der Waals surface area contributed by atoms with E-state index < -0.39 is 0 Å². The summed E-state index contributed by atoms with van der Waals surface area (Å²) in [7, 11) is 0. The van der Waals surface area contributed by atoms with E-state index in [1.807, 2.05) is 6.26 Å². The number of nitrogens with zero attached hydrogens (tertiary/aromatic N) is 3. The topological polar surface area (TPSA) is 65.4 Å². The Bertz CT molecular complexity index is 823. The minimum absolute atomic E-state index is 0.00776. The minimum atomic E-state index is -0.00776. The molecular weight excluding hydrogens is 348 g/mol. The number of nitrogens with one attached hydrogen (secondary N) is 1. The van der Waals surface area contributed by atoms with E-state index in [9.17, 15) is 4.79 Å². The Hall–Kier alpha value is -1.73. The zero-order valence-corrected chi connectivity index (χ0v) is 16.3. The van der Waals surface area contributed by atoms with Crippen LogP contribution in [0, 0.1) is 5.92 Å². The lowest BCUT2D eigenvalue weighted by molar-refractivity contribution is 0.222. The van der Waals surface area contributed by atoms with E-state index in [2.05, 4.69) is 38.8 Å². The fourth-order valence-electron chi connectivity index (χ4n) is 3.76. The summed E-state index contributed by atoms with van der Waals surface area (Å²) < 4.78 is 6.10. The van der Waals surface area contributed by atoms with Gasteiger partial charge in [-0.1, -0.05) is 18.7 Å². The first kappa shape index (κ1) is 17.7. The Kier molecular flexibility index (Phi) is 5.09. The third-order valence-electron chi connectivity index (χ3n) is 5.44. The number of hydrogen-bond donors (Lipinski definition) is 1. The second kappa shape index (κ2) is 7.48. The Morgan fingerprint density at radius 1 is 1.31 bits per heavy atom. The Morgan fingerprint density at radius 2 is 2.12 bits per heavy atom. The molecule has 2 aliphatic rings. The van der Waals surface area contributed by atoms with E-state index in [4.69, 9.17) is 4.42 Å². The molecule has 0 amide bonds. The zero-order chi connectivity index (χ0) is 18.1. The maximum atomic E-state index is 12.3. The minimum Gasteiger partial charge on any atom is -0.444 e. The summed E-state index contributed by atoms with van der Waals surface area (Å²) in [4.78, 5) is 24.3. The molecule has 0 spiro atoms. The van der Waals surface area contributed by atoms with Crippen LogP contribution in [0.2, 0.25) is 0 Å². The third-order valence-corrected chi connectivity index (χ3v) is 6.02. The van der Waals surface area contributed by atoms with E-state index in [1.54, 1.807) is 0 Å². The second-order valence-corrected chi connectivity index (χ2v) is 8.17. The van der Waals surface area contributed by atoms with Crippen molar-refractivity contribution in [2.24, 2.45) is 5.92 Å². The highest BCUT2D eigenvalue weighted by molar-refractivity contribution is 7.98. The second-order valence-electron chi connectivity index (χ2n) is 7.37. The summed E-state index contributed by atoms with van der Waals surface area (Å²) in [6.07, 6.45) is 5.20. The number of furan rings is 1. The predicted octanol–water partition coefficient (Wildman–Crippen LogP) is 2.88. The largest absolute Gasteiger partial charge is 0.444 e. The maximum Gasteiger partial charge on any atom is 0.256 e. The number of hydrogen-bond acceptors (Lipinski definition) is 6. The molecule has 2 aromatic rings. The summed E-state index contributed by atoms with van der Waals surface area (Å²) >= 11 is 1.48. The Labute approximate surface area is 158 Å². The zero-order valence-electron chi connectivity index (χ0n) is 15.5. The first-order chi connectivity index (χ1) is 12.6. The fraction of sp³-hybridized carbons (Fsp3) is 0.579. The maximum absolute atomic E-state index is 12.3. The van der Waals surface area contributed by atoms with E-state index in [-0.39, 0.29) is 5.56 Å². The molecule has 0 unspecified atom stereocenters. The van der Waals surface area contributed by atoms with Gasteiger partial charge < -0.3 is 14.3 Å². The van der Waals surface area contributed by atoms with Gasteiger partial charge in [-0.3, -0.25) is 9.69 Å². The van der Waals surface area contributed by atoms with Crippen LogP contribution in [-0.2, 0) is 19.5 Å². The number of aromatic nitrogens is 2. The van der Waals surface area contributed by atoms with E-state index in [1.165, 1.54) is 24.6 Å². The molecule has 0 bridgehead atoms. The lowest BCUT2D eigenvalue weighted by Gasteiger charge is -2.30. The van der Waals surface area contributed by atoms with Gasteiger partial charge in [0, 0.05) is 38.7 Å². The first-order valence-corrected chi connectivity index (χ1v) is 10.6. The average Bonchev–Trinajstić information content (AvgIpc) is 3.11. The van der Waals surface area contributed by atoms with E-state index >= 15 is 0 Å². The van der Waals surface area contributed by atoms with Crippen molar-refractivity contribution >= 4 is 17.6 Å². The van der Waals surface area contributed by atoms with Gasteiger partial charge in [-0.05, 0) is 31.1 Å². The number of piperidine rings is 1. The van der Waals surface area contributed by atoms with Crippen molar-refractivity contribution in [3.8, 4) is 0 Å². The molecule has 0 aromatic carbocycles. The number of aromatic amines is 1. The molecule has 6 nitrogen and oxygen atoms in total. The molecule has 2 aliphatic heterocycles. The van der Waals surface area contributed by atoms with Crippen LogP contribution in [0.15, 0.2) is 26.5 Å². The molecule has 4 rings (SSSR count). The number of rotatable bonds is 4. The molecule has 4 heterocycles. The average molecular weight is 375 g/mol. The number of H-pyrrole nitrogens is 1. The Morgan fingerprint density at radius 3 is 2.88 bits per heavy atom. The summed E-state index contributed by atoms with van der Waals surface area (Å²) in [6, 6.07) is 4.16. The van der Waals surface area contributed by atoms with Crippen molar-refractivity contribution in [1.82, 2.24) is 14.9 Å². The van der Waals surface area contributed by atoms with Gasteiger partial charge in [-0.15, -0.1) is 0 Å². The molecule has 0 atom stereocenters. The molecule has 0 aliphatic carbocycles. The highest BCUT2D eigenvalue weighted by atomic mass is 32.2. The number of thioether (sulfide) groups is 1. The van der Waals surface area contributed by atoms with Gasteiger partial charge in [0.05, 0.1) is 17.8 Å². The quantitative estimate of drug-likeness (QED) is 0.656. The summed E-state index contributed by atoms with van der Waals surface area (Å²) in [5.41, 5.74) is 1.73. The van der Waals surface area contributed by atoms with Gasteiger partial charge >= 0.3 is 0 Å². The van der Waals surface area contributed by atoms with Crippen molar-refractivity contribution in [2.45, 2.75) is 44.4 Å². The molecule has 1 fully saturated rings. The van der Waals surface area contributed by atoms with Gasteiger partial charge in [0.15, 0.2) is 11.0 Å². The van der Waals surface area contributed by atoms with Crippen molar-refractivity contribution in [1.29, 1.82) is 0 Å². The standard InChI is InChI=1S/C19H26N4O2S/c1-13-5-9-23(10-6-13)17-4-3-14(25-17)11-22-8-7-16-15(12-22)18(24)21-19(20-16)26-2/h3-4,13H,5-12H2,1-2H3,(H,20,21,24). The Balaban J connectivity index is 1.42. The number of anilines is 1. The third kappa shape index (κ3) is 3.69. The van der Waals surface area contributed by atoms with Crippen molar-refractivity contribution in [3.05, 3.63) is 39.5 Å². The van der Waals surface area contributed by atoms with Crippen LogP contribution in [0.25, 0.3) is 0 Å². The van der Waals surface area contributed by atoms with Crippen LogP contribution < -0.4 is 10.5 Å². The SMILES string of the molecule is CSc1nc2c(c(=O)[nH]1)CN(Cc1ccc(N3CCC(C)CC3)o1)CC2. The molecule has 0 saturated carbocycles. The smallest absolute Gasteiger partial charge is 0.256 e. The lowest BCUT2D eigenvalue weighted by Crippen LogP contribution is -2.35. The van der Waals surface area contributed by atoms with Gasteiger partial charge in [-0.25, -0.2) is 4.98 Å². The van der Waals surface area contributed by atoms with Crippen molar-refractivity contribution in [3.63, 3.8) is 0 Å². The van der Waals surface area contributed by atoms with Gasteiger partial charge in [0.2, 0.25) is 0 Å². The van der Waals surface area contributed by atoms with Crippen LogP contribution in [0.3, 0.4) is 0 Å². The van der Waals surface area contributed by atoms with Gasteiger partial charge in [0.25, 0.3) is 5.56 Å². The van der Waals surface area contributed by atoms with Gasteiger partial charge in [0.1, 0.15) is 5.76 Å². The summed E-state index contributed by atoms with van der Waals surface area (Å²) in [5.74, 6) is 2.76. The molecule has 26 heavy (non-hydrogen) atoms. The van der Waals surface area contributed by atoms with Crippen LogP contribution in [0.5, 0.6) is 0 Å². The summed E-state index contributed by atoms with van der Waals surface area (Å²) in [5, 5.41) is 0.703. The first-order valence-electron chi connectivity index (χ1n) is 9.34. The monoisotopic (exact) mass is 374 g/mol. The van der Waals surface area contributed by atoms with Crippen LogP contribution >= 0.6 is 11.8 Å². The van der Waals surface area contributed by atoms with Gasteiger partial charge in [-0.2, -0.15) is 0 Å². The van der Waals surface area contributed by atoms with Crippen LogP contribution in [-0.4, -0.2) is 40.8 Å². The van der Waals surface area contributed by atoms with Crippen LogP contribution in [0.1, 0.15) is 36.8 Å². The summed E-state index contributed by atoms with van der Waals surface area (Å²) in [6.45, 7) is 6.72. The molecule has 1 N–H and O–H groups in total. The molecule has 1 saturated heterocycles. The molecular formula is C19H26N4O2S. The highest BCUT2D eigenvalue weighted by Crippen LogP contribution is 2.26. The highest BCUT2D eigenvalue weighted by Gasteiger charge is 2.23. The molecule has 2 aromatic heterocycles. The lowest BCUT2D eigenvalue weighted by atomic mass is 9.99. The van der Waals surface area contributed by atoms with Crippen molar-refractivity contribution in [2.75, 3.05) is 30.8 Å². The normalized spacial score (nSPS) is 18.9. The van der Waals surface area contributed by atoms with E-state index in [0.717, 1.165) is 61.4 Å². The molecule has 0 radical (unpaired) electrons. The predicted molar refractivity (Wildman–Crippen MR) is 104 cm³/mol. The van der Waals surface area contributed by atoms with Crippen LogP contribution in [0.4, 0.5) is 5.88 Å². The molecule has 7 heteroatoms. The molecule has 140 valence electrons. The van der Waals surface area contributed by atoms with E-state index in [0.29, 0.717) is 11.7 Å². The van der Waals surface area contributed by atoms with Crippen molar-refractivity contribution < 1.29 is 4.42 Å². The number of fused-ring (bicyclic) bond motifs is 1.